The standard InChI is InChI=1S/C11H12N4O/c1-16-11-3-2-9(7-15-11)14-8-10-6-12-4-5-13-10/h2-7,14H,8H2,1H3. The lowest BCUT2D eigenvalue weighted by molar-refractivity contribution is 0.398. The largest absolute Gasteiger partial charge is 0.481 e. The van der Waals surface area contributed by atoms with Crippen molar-refractivity contribution in [1.29, 1.82) is 0 Å². The highest BCUT2D eigenvalue weighted by Crippen LogP contribution is 2.11. The number of nitrogens with zero attached hydrogens (tertiary/aromatic N) is 3. The first-order valence-electron chi connectivity index (χ1n) is 4.87. The maximum absolute atomic E-state index is 4.97. The lowest BCUT2D eigenvalue weighted by atomic mass is 10.4. The summed E-state index contributed by atoms with van der Waals surface area (Å²) in [4.78, 5) is 12.2. The highest BCUT2D eigenvalue weighted by Gasteiger charge is 1.96. The van der Waals surface area contributed by atoms with Crippen LogP contribution >= 0.6 is 0 Å². The number of anilines is 1. The zero-order valence-electron chi connectivity index (χ0n) is 8.92. The Labute approximate surface area is 93.5 Å². The van der Waals surface area contributed by atoms with Crippen molar-refractivity contribution in [2.75, 3.05) is 12.4 Å². The number of aromatic nitrogens is 3. The normalized spacial score (nSPS) is 9.81. The van der Waals surface area contributed by atoms with Crippen LogP contribution in [0.1, 0.15) is 5.69 Å². The van der Waals surface area contributed by atoms with Gasteiger partial charge >= 0.3 is 0 Å². The maximum atomic E-state index is 4.97. The molecular formula is C11H12N4O. The Morgan fingerprint density at radius 3 is 2.75 bits per heavy atom. The van der Waals surface area contributed by atoms with E-state index in [0.29, 0.717) is 12.4 Å². The van der Waals surface area contributed by atoms with Crippen molar-refractivity contribution >= 4 is 5.69 Å². The highest BCUT2D eigenvalue weighted by molar-refractivity contribution is 5.42. The average Bonchev–Trinajstić information content (AvgIpc) is 2.38. The molecule has 2 rings (SSSR count). The average molecular weight is 216 g/mol. The SMILES string of the molecule is COc1ccc(NCc2cnccn2)cn1. The molecule has 0 saturated heterocycles. The molecule has 0 amide bonds. The summed E-state index contributed by atoms with van der Waals surface area (Å²) in [7, 11) is 1.59. The summed E-state index contributed by atoms with van der Waals surface area (Å²) in [5.74, 6) is 0.602. The fourth-order valence-electron chi connectivity index (χ4n) is 1.22. The van der Waals surface area contributed by atoms with Crippen LogP contribution in [0.25, 0.3) is 0 Å². The third-order valence-electron chi connectivity index (χ3n) is 2.04. The third kappa shape index (κ3) is 2.66. The minimum absolute atomic E-state index is 0.602. The molecule has 5 heteroatoms. The van der Waals surface area contributed by atoms with Crippen LogP contribution in [-0.2, 0) is 6.54 Å². The van der Waals surface area contributed by atoms with Gasteiger partial charge in [0, 0.05) is 18.5 Å². The molecular weight excluding hydrogens is 204 g/mol. The lowest BCUT2D eigenvalue weighted by Crippen LogP contribution is -2.02. The van der Waals surface area contributed by atoms with Crippen LogP contribution < -0.4 is 10.1 Å². The Kier molecular flexibility index (Phi) is 3.28. The van der Waals surface area contributed by atoms with Crippen molar-refractivity contribution in [3.05, 3.63) is 42.6 Å². The van der Waals surface area contributed by atoms with Crippen molar-refractivity contribution in [3.63, 3.8) is 0 Å². The number of rotatable bonds is 4. The van der Waals surface area contributed by atoms with Crippen molar-refractivity contribution in [1.82, 2.24) is 15.0 Å². The smallest absolute Gasteiger partial charge is 0.213 e. The molecule has 0 radical (unpaired) electrons. The Morgan fingerprint density at radius 2 is 2.12 bits per heavy atom. The van der Waals surface area contributed by atoms with E-state index in [4.69, 9.17) is 4.74 Å². The van der Waals surface area contributed by atoms with E-state index in [9.17, 15) is 0 Å². The molecule has 5 nitrogen and oxygen atoms in total. The maximum Gasteiger partial charge on any atom is 0.213 e. The summed E-state index contributed by atoms with van der Waals surface area (Å²) >= 11 is 0. The molecule has 0 fully saturated rings. The van der Waals surface area contributed by atoms with E-state index in [2.05, 4.69) is 20.3 Å². The molecule has 1 N–H and O–H groups in total. The summed E-state index contributed by atoms with van der Waals surface area (Å²) in [5.41, 5.74) is 1.81. The topological polar surface area (TPSA) is 59.9 Å². The van der Waals surface area contributed by atoms with Crippen LogP contribution in [-0.4, -0.2) is 22.1 Å². The van der Waals surface area contributed by atoms with E-state index < -0.39 is 0 Å². The van der Waals surface area contributed by atoms with Gasteiger partial charge in [0.15, 0.2) is 0 Å². The molecule has 16 heavy (non-hydrogen) atoms. The van der Waals surface area contributed by atoms with E-state index in [1.54, 1.807) is 38.0 Å². The van der Waals surface area contributed by atoms with Crippen LogP contribution in [0.4, 0.5) is 5.69 Å². The number of hydrogen-bond acceptors (Lipinski definition) is 5. The summed E-state index contributed by atoms with van der Waals surface area (Å²) < 4.78 is 4.97. The number of ether oxygens (including phenoxy) is 1. The van der Waals surface area contributed by atoms with Gasteiger partial charge in [-0.25, -0.2) is 4.98 Å². The van der Waals surface area contributed by atoms with Crippen molar-refractivity contribution in [2.24, 2.45) is 0 Å². The first kappa shape index (κ1) is 10.4. The number of pyridine rings is 1. The lowest BCUT2D eigenvalue weighted by Gasteiger charge is -2.05. The first-order valence-corrected chi connectivity index (χ1v) is 4.87. The van der Waals surface area contributed by atoms with Gasteiger partial charge in [-0.3, -0.25) is 9.97 Å². The molecule has 0 aliphatic heterocycles. The van der Waals surface area contributed by atoms with Crippen LogP contribution in [0.15, 0.2) is 36.9 Å². The Morgan fingerprint density at radius 1 is 1.19 bits per heavy atom. The van der Waals surface area contributed by atoms with Gasteiger partial charge in [-0.2, -0.15) is 0 Å². The van der Waals surface area contributed by atoms with E-state index in [-0.39, 0.29) is 0 Å². The Hall–Kier alpha value is -2.17. The van der Waals surface area contributed by atoms with Gasteiger partial charge in [0.1, 0.15) is 0 Å². The molecule has 2 aromatic rings. The number of nitrogens with one attached hydrogen (secondary N) is 1. The van der Waals surface area contributed by atoms with E-state index in [1.807, 2.05) is 6.07 Å². The molecule has 2 heterocycles. The van der Waals surface area contributed by atoms with Gasteiger partial charge in [0.05, 0.1) is 37.4 Å². The molecule has 2 aromatic heterocycles. The van der Waals surface area contributed by atoms with Gasteiger partial charge < -0.3 is 10.1 Å². The molecule has 0 unspecified atom stereocenters. The minimum Gasteiger partial charge on any atom is -0.481 e. The monoisotopic (exact) mass is 216 g/mol. The van der Waals surface area contributed by atoms with Crippen molar-refractivity contribution in [3.8, 4) is 5.88 Å². The molecule has 0 bridgehead atoms. The first-order chi connectivity index (χ1) is 7.88. The Balaban J connectivity index is 1.94. The van der Waals surface area contributed by atoms with Crippen LogP contribution in [0.5, 0.6) is 5.88 Å². The van der Waals surface area contributed by atoms with Crippen LogP contribution in [0, 0.1) is 0 Å². The van der Waals surface area contributed by atoms with Crippen molar-refractivity contribution in [2.45, 2.75) is 6.54 Å². The molecule has 0 aliphatic carbocycles. The zero-order chi connectivity index (χ0) is 11.2. The van der Waals surface area contributed by atoms with E-state index in [1.165, 1.54) is 0 Å². The van der Waals surface area contributed by atoms with Gasteiger partial charge in [-0.15, -0.1) is 0 Å². The van der Waals surface area contributed by atoms with Gasteiger partial charge in [-0.05, 0) is 6.07 Å². The summed E-state index contributed by atoms with van der Waals surface area (Å²) in [6.45, 7) is 0.627. The predicted molar refractivity (Wildman–Crippen MR) is 60.1 cm³/mol. The fourth-order valence-corrected chi connectivity index (χ4v) is 1.22. The number of methoxy groups -OCH3 is 1. The minimum atomic E-state index is 0.602. The quantitative estimate of drug-likeness (QED) is 0.839. The van der Waals surface area contributed by atoms with Gasteiger partial charge in [-0.1, -0.05) is 0 Å². The summed E-state index contributed by atoms with van der Waals surface area (Å²) in [6.07, 6.45) is 6.76. The molecule has 0 aliphatic rings. The van der Waals surface area contributed by atoms with Crippen molar-refractivity contribution < 1.29 is 4.74 Å². The third-order valence-corrected chi connectivity index (χ3v) is 2.04. The second-order valence-electron chi connectivity index (χ2n) is 3.14. The number of hydrogen-bond donors (Lipinski definition) is 1. The molecule has 0 saturated carbocycles. The second-order valence-corrected chi connectivity index (χ2v) is 3.14. The predicted octanol–water partition coefficient (Wildman–Crippen LogP) is 1.49. The molecule has 0 atom stereocenters. The second kappa shape index (κ2) is 5.06. The van der Waals surface area contributed by atoms with Gasteiger partial charge in [0.2, 0.25) is 5.88 Å². The fraction of sp³-hybridized carbons (Fsp3) is 0.182. The summed E-state index contributed by atoms with van der Waals surface area (Å²) in [5, 5.41) is 3.19. The molecule has 0 aromatic carbocycles. The van der Waals surface area contributed by atoms with E-state index >= 15 is 0 Å². The highest BCUT2D eigenvalue weighted by atomic mass is 16.5. The zero-order valence-corrected chi connectivity index (χ0v) is 8.92. The van der Waals surface area contributed by atoms with E-state index in [0.717, 1.165) is 11.4 Å². The van der Waals surface area contributed by atoms with Gasteiger partial charge in [0.25, 0.3) is 0 Å². The molecule has 0 spiro atoms. The van der Waals surface area contributed by atoms with Crippen LogP contribution in [0.2, 0.25) is 0 Å². The van der Waals surface area contributed by atoms with Crippen LogP contribution in [0.3, 0.4) is 0 Å². The summed E-state index contributed by atoms with van der Waals surface area (Å²) in [6, 6.07) is 3.71. The molecule has 82 valence electrons. The Bertz CT molecular complexity index is 429.